The molecule has 1 N–H and O–H groups in total. The molecule has 1 unspecified atom stereocenters. The van der Waals surface area contributed by atoms with Gasteiger partial charge in [-0.15, -0.1) is 0 Å². The molecule has 0 aliphatic heterocycles. The molecular formula is C19H20F3NO3. The number of rotatable bonds is 7. The summed E-state index contributed by atoms with van der Waals surface area (Å²) in [5, 5.41) is 3.01. The van der Waals surface area contributed by atoms with Gasteiger partial charge in [-0.05, 0) is 36.8 Å². The van der Waals surface area contributed by atoms with Crippen molar-refractivity contribution in [3.8, 4) is 5.75 Å². The van der Waals surface area contributed by atoms with Crippen molar-refractivity contribution in [2.24, 2.45) is 0 Å². The minimum atomic E-state index is -4.38. The fourth-order valence-corrected chi connectivity index (χ4v) is 2.26. The van der Waals surface area contributed by atoms with Crippen molar-refractivity contribution in [3.05, 3.63) is 65.7 Å². The largest absolute Gasteiger partial charge is 0.491 e. The number of benzene rings is 2. The van der Waals surface area contributed by atoms with Crippen molar-refractivity contribution < 1.29 is 27.4 Å². The second-order valence-electron chi connectivity index (χ2n) is 5.97. The minimum absolute atomic E-state index is 0.00429. The van der Waals surface area contributed by atoms with Gasteiger partial charge < -0.3 is 9.47 Å². The number of ether oxygens (including phenoxy) is 2. The average Bonchev–Trinajstić information content (AvgIpc) is 2.64. The first-order chi connectivity index (χ1) is 12.2. The van der Waals surface area contributed by atoms with Crippen molar-refractivity contribution in [1.82, 2.24) is 5.32 Å². The molecule has 140 valence electrons. The van der Waals surface area contributed by atoms with E-state index >= 15 is 0 Å². The first kappa shape index (κ1) is 19.8. The number of alkyl halides is 3. The molecule has 26 heavy (non-hydrogen) atoms. The van der Waals surface area contributed by atoms with Crippen LogP contribution in [0.3, 0.4) is 0 Å². The molecule has 2 rings (SSSR count). The summed E-state index contributed by atoms with van der Waals surface area (Å²) in [6.45, 7) is 1.80. The number of nitrogens with one attached hydrogen (secondary N) is 1. The number of methoxy groups -OCH3 is 1. The van der Waals surface area contributed by atoms with Crippen LogP contribution in [0.5, 0.6) is 5.75 Å². The summed E-state index contributed by atoms with van der Waals surface area (Å²) in [6.07, 6.45) is -4.38. The number of carbonyl (C=O) groups excluding carboxylic acids is 1. The highest BCUT2D eigenvalue weighted by Gasteiger charge is 2.35. The topological polar surface area (TPSA) is 47.6 Å². The monoisotopic (exact) mass is 367 g/mol. The van der Waals surface area contributed by atoms with Gasteiger partial charge in [-0.3, -0.25) is 5.32 Å². The summed E-state index contributed by atoms with van der Waals surface area (Å²) < 4.78 is 48.3. The lowest BCUT2D eigenvalue weighted by molar-refractivity contribution is -0.149. The third-order valence-electron chi connectivity index (χ3n) is 3.87. The summed E-state index contributed by atoms with van der Waals surface area (Å²) in [7, 11) is 1.27. The molecule has 0 spiro atoms. The van der Waals surface area contributed by atoms with Gasteiger partial charge in [-0.2, -0.15) is 13.2 Å². The van der Waals surface area contributed by atoms with Gasteiger partial charge in [0.2, 0.25) is 0 Å². The van der Waals surface area contributed by atoms with Crippen LogP contribution in [0, 0.1) is 0 Å². The van der Waals surface area contributed by atoms with Crippen molar-refractivity contribution in [1.29, 1.82) is 0 Å². The summed E-state index contributed by atoms with van der Waals surface area (Å²) in [5.41, 5.74) is -1.27. The Bertz CT molecular complexity index is 717. The van der Waals surface area contributed by atoms with Gasteiger partial charge in [0, 0.05) is 6.54 Å². The van der Waals surface area contributed by atoms with E-state index < -0.39 is 23.2 Å². The van der Waals surface area contributed by atoms with E-state index in [9.17, 15) is 18.0 Å². The van der Waals surface area contributed by atoms with Crippen LogP contribution in [-0.2, 0) is 22.3 Å². The molecule has 0 aliphatic rings. The van der Waals surface area contributed by atoms with E-state index in [1.165, 1.54) is 19.2 Å². The second-order valence-corrected chi connectivity index (χ2v) is 5.97. The van der Waals surface area contributed by atoms with Crippen LogP contribution in [0.2, 0.25) is 0 Å². The van der Waals surface area contributed by atoms with E-state index in [-0.39, 0.29) is 13.2 Å². The molecule has 0 fully saturated rings. The first-order valence-electron chi connectivity index (χ1n) is 7.92. The van der Waals surface area contributed by atoms with E-state index in [1.807, 2.05) is 6.07 Å². The zero-order valence-electron chi connectivity index (χ0n) is 14.5. The van der Waals surface area contributed by atoms with Crippen LogP contribution in [-0.4, -0.2) is 25.2 Å². The van der Waals surface area contributed by atoms with Gasteiger partial charge in [0.25, 0.3) is 0 Å². The Balaban J connectivity index is 2.04. The number of esters is 1. The maximum Gasteiger partial charge on any atom is 0.416 e. The molecule has 0 amide bonds. The van der Waals surface area contributed by atoms with Gasteiger partial charge in [0.05, 0.1) is 12.7 Å². The van der Waals surface area contributed by atoms with Crippen molar-refractivity contribution in [2.75, 3.05) is 13.7 Å². The zero-order valence-corrected chi connectivity index (χ0v) is 14.5. The number of hydrogen-bond acceptors (Lipinski definition) is 4. The maximum atomic E-state index is 12.6. The van der Waals surface area contributed by atoms with Crippen LogP contribution in [0.25, 0.3) is 0 Å². The van der Waals surface area contributed by atoms with E-state index in [0.717, 1.165) is 12.1 Å². The summed E-state index contributed by atoms with van der Waals surface area (Å²) in [6, 6.07) is 13.7. The SMILES string of the molecule is COC(=O)C(C)(COc1ccccc1)NCc1ccc(C(F)(F)F)cc1. The van der Waals surface area contributed by atoms with E-state index in [0.29, 0.717) is 11.3 Å². The number of halogens is 3. The highest BCUT2D eigenvalue weighted by Crippen LogP contribution is 2.29. The zero-order chi connectivity index (χ0) is 19.2. The third-order valence-corrected chi connectivity index (χ3v) is 3.87. The molecular weight excluding hydrogens is 347 g/mol. The molecule has 0 saturated heterocycles. The Morgan fingerprint density at radius 3 is 2.19 bits per heavy atom. The number of hydrogen-bond donors (Lipinski definition) is 1. The summed E-state index contributed by atoms with van der Waals surface area (Å²) >= 11 is 0. The smallest absolute Gasteiger partial charge is 0.416 e. The van der Waals surface area contributed by atoms with Gasteiger partial charge in [-0.25, -0.2) is 4.79 Å². The van der Waals surface area contributed by atoms with Crippen LogP contribution in [0.15, 0.2) is 54.6 Å². The van der Waals surface area contributed by atoms with E-state index in [1.54, 1.807) is 31.2 Å². The number of carbonyl (C=O) groups is 1. The standard InChI is InChI=1S/C19H20F3NO3/c1-18(17(24)25-2,13-26-16-6-4-3-5-7-16)23-12-14-8-10-15(11-9-14)19(20,21)22/h3-11,23H,12-13H2,1-2H3. The molecule has 0 radical (unpaired) electrons. The van der Waals surface area contributed by atoms with E-state index in [4.69, 9.17) is 9.47 Å². The Morgan fingerprint density at radius 2 is 1.65 bits per heavy atom. The van der Waals surface area contributed by atoms with Gasteiger partial charge in [0.15, 0.2) is 0 Å². The fourth-order valence-electron chi connectivity index (χ4n) is 2.26. The molecule has 0 aromatic heterocycles. The second kappa shape index (κ2) is 8.23. The highest BCUT2D eigenvalue weighted by molar-refractivity contribution is 5.80. The number of para-hydroxylation sites is 1. The predicted octanol–water partition coefficient (Wildman–Crippen LogP) is 3.81. The lowest BCUT2D eigenvalue weighted by Crippen LogP contribution is -2.54. The van der Waals surface area contributed by atoms with Crippen LogP contribution < -0.4 is 10.1 Å². The Kier molecular flexibility index (Phi) is 6.26. The van der Waals surface area contributed by atoms with Crippen LogP contribution in [0.4, 0.5) is 13.2 Å². The van der Waals surface area contributed by atoms with Gasteiger partial charge >= 0.3 is 12.1 Å². The normalized spacial score (nSPS) is 13.7. The molecule has 0 heterocycles. The van der Waals surface area contributed by atoms with Crippen LogP contribution in [0.1, 0.15) is 18.1 Å². The molecule has 7 heteroatoms. The Hall–Kier alpha value is -2.54. The summed E-state index contributed by atoms with van der Waals surface area (Å²) in [4.78, 5) is 12.1. The summed E-state index contributed by atoms with van der Waals surface area (Å²) in [5.74, 6) is 0.0688. The Morgan fingerprint density at radius 1 is 1.04 bits per heavy atom. The molecule has 1 atom stereocenters. The van der Waals surface area contributed by atoms with Crippen molar-refractivity contribution in [3.63, 3.8) is 0 Å². The lowest BCUT2D eigenvalue weighted by Gasteiger charge is -2.28. The molecule has 2 aromatic rings. The lowest BCUT2D eigenvalue weighted by atomic mass is 10.0. The third kappa shape index (κ3) is 5.23. The predicted molar refractivity (Wildman–Crippen MR) is 90.6 cm³/mol. The minimum Gasteiger partial charge on any atom is -0.491 e. The maximum absolute atomic E-state index is 12.6. The Labute approximate surface area is 149 Å². The fraction of sp³-hybridized carbons (Fsp3) is 0.316. The quantitative estimate of drug-likeness (QED) is 0.756. The first-order valence-corrected chi connectivity index (χ1v) is 7.92. The molecule has 2 aromatic carbocycles. The highest BCUT2D eigenvalue weighted by atomic mass is 19.4. The average molecular weight is 367 g/mol. The van der Waals surface area contributed by atoms with Crippen LogP contribution >= 0.6 is 0 Å². The van der Waals surface area contributed by atoms with Gasteiger partial charge in [-0.1, -0.05) is 30.3 Å². The van der Waals surface area contributed by atoms with E-state index in [2.05, 4.69) is 5.32 Å². The van der Waals surface area contributed by atoms with Crippen molar-refractivity contribution >= 4 is 5.97 Å². The molecule has 0 bridgehead atoms. The molecule has 0 aliphatic carbocycles. The molecule has 0 saturated carbocycles. The van der Waals surface area contributed by atoms with Crippen molar-refractivity contribution in [2.45, 2.75) is 25.2 Å². The molecule has 4 nitrogen and oxygen atoms in total. The van der Waals surface area contributed by atoms with Gasteiger partial charge in [0.1, 0.15) is 17.9 Å².